The van der Waals surface area contributed by atoms with Crippen molar-refractivity contribution in [3.05, 3.63) is 53.4 Å². The van der Waals surface area contributed by atoms with Gasteiger partial charge in [0.15, 0.2) is 0 Å². The monoisotopic (exact) mass is 275 g/mol. The van der Waals surface area contributed by atoms with Gasteiger partial charge in [-0.1, -0.05) is 6.07 Å². The second-order valence-electron chi connectivity index (χ2n) is 5.38. The Balaban J connectivity index is 1.83. The maximum Gasteiger partial charge on any atom is 0.123 e. The Morgan fingerprint density at radius 1 is 1.35 bits per heavy atom. The van der Waals surface area contributed by atoms with E-state index in [0.29, 0.717) is 6.04 Å². The van der Waals surface area contributed by atoms with Gasteiger partial charge >= 0.3 is 0 Å². The molecule has 0 atom stereocenters. The lowest BCUT2D eigenvalue weighted by Crippen LogP contribution is -2.19. The van der Waals surface area contributed by atoms with Crippen molar-refractivity contribution in [3.8, 4) is 0 Å². The molecule has 0 spiro atoms. The first-order chi connectivity index (χ1) is 9.58. The van der Waals surface area contributed by atoms with Crippen molar-refractivity contribution in [1.29, 1.82) is 0 Å². The number of nitrogens with one attached hydrogen (secondary N) is 1. The number of benzene rings is 1. The molecule has 1 aromatic carbocycles. The molecule has 0 saturated carbocycles. The average Bonchev–Trinajstić information content (AvgIpc) is 2.85. The first-order valence-electron chi connectivity index (χ1n) is 7.04. The summed E-state index contributed by atoms with van der Waals surface area (Å²) in [7, 11) is 0. The second kappa shape index (κ2) is 6.66. The fourth-order valence-corrected chi connectivity index (χ4v) is 2.31. The van der Waals surface area contributed by atoms with Gasteiger partial charge in [-0.2, -0.15) is 0 Å². The van der Waals surface area contributed by atoms with Crippen molar-refractivity contribution >= 4 is 0 Å². The van der Waals surface area contributed by atoms with Gasteiger partial charge in [0, 0.05) is 18.8 Å². The van der Waals surface area contributed by atoms with Crippen molar-refractivity contribution < 1.29 is 4.39 Å². The first-order valence-corrected chi connectivity index (χ1v) is 7.04. The van der Waals surface area contributed by atoms with Crippen molar-refractivity contribution in [2.24, 2.45) is 0 Å². The molecule has 0 aliphatic carbocycles. The van der Waals surface area contributed by atoms with Crippen LogP contribution in [0, 0.1) is 12.7 Å². The van der Waals surface area contributed by atoms with E-state index in [4.69, 9.17) is 0 Å². The molecule has 0 bridgehead atoms. The van der Waals surface area contributed by atoms with Crippen LogP contribution in [0.15, 0.2) is 30.7 Å². The Morgan fingerprint density at radius 2 is 2.15 bits per heavy atom. The number of nitrogens with zero attached hydrogens (tertiary/aromatic N) is 2. The van der Waals surface area contributed by atoms with E-state index >= 15 is 0 Å². The van der Waals surface area contributed by atoms with Crippen molar-refractivity contribution in [1.82, 2.24) is 14.9 Å². The lowest BCUT2D eigenvalue weighted by atomic mass is 10.1. The third-order valence-corrected chi connectivity index (χ3v) is 3.48. The Morgan fingerprint density at radius 3 is 2.85 bits per heavy atom. The Labute approximate surface area is 119 Å². The molecule has 0 fully saturated rings. The van der Waals surface area contributed by atoms with Crippen LogP contribution in [0.1, 0.15) is 36.7 Å². The van der Waals surface area contributed by atoms with E-state index in [2.05, 4.69) is 28.7 Å². The highest BCUT2D eigenvalue weighted by Gasteiger charge is 2.05. The van der Waals surface area contributed by atoms with Crippen molar-refractivity contribution in [3.63, 3.8) is 0 Å². The molecule has 0 saturated heterocycles. The van der Waals surface area contributed by atoms with Gasteiger partial charge in [0.25, 0.3) is 0 Å². The van der Waals surface area contributed by atoms with Gasteiger partial charge in [0.2, 0.25) is 0 Å². The van der Waals surface area contributed by atoms with Crippen LogP contribution in [0.2, 0.25) is 0 Å². The van der Waals surface area contributed by atoms with Crippen LogP contribution in [0.5, 0.6) is 0 Å². The number of aromatic nitrogens is 2. The smallest absolute Gasteiger partial charge is 0.123 e. The summed E-state index contributed by atoms with van der Waals surface area (Å²) in [6, 6.07) is 5.40. The molecule has 3 nitrogen and oxygen atoms in total. The number of hydrogen-bond donors (Lipinski definition) is 1. The van der Waals surface area contributed by atoms with Gasteiger partial charge < -0.3 is 9.88 Å². The first kappa shape index (κ1) is 14.7. The standard InChI is InChI=1S/C16H22FN3/c1-12(2)20-11-19-10-16(20)9-18-7-6-14-4-5-15(17)8-13(14)3/h4-5,8,10-12,18H,6-7,9H2,1-3H3. The molecular formula is C16H22FN3. The third-order valence-electron chi connectivity index (χ3n) is 3.48. The van der Waals surface area contributed by atoms with Crippen LogP contribution in [0.3, 0.4) is 0 Å². The Kier molecular flexibility index (Phi) is 4.90. The van der Waals surface area contributed by atoms with E-state index in [1.54, 1.807) is 6.07 Å². The van der Waals surface area contributed by atoms with E-state index in [1.165, 1.54) is 17.3 Å². The van der Waals surface area contributed by atoms with Crippen LogP contribution in [-0.4, -0.2) is 16.1 Å². The van der Waals surface area contributed by atoms with E-state index in [-0.39, 0.29) is 5.82 Å². The van der Waals surface area contributed by atoms with Crippen LogP contribution >= 0.6 is 0 Å². The van der Waals surface area contributed by atoms with E-state index in [9.17, 15) is 4.39 Å². The van der Waals surface area contributed by atoms with Gasteiger partial charge in [-0.15, -0.1) is 0 Å². The quantitative estimate of drug-likeness (QED) is 0.820. The molecule has 1 aromatic heterocycles. The van der Waals surface area contributed by atoms with Crippen LogP contribution in [0.25, 0.3) is 0 Å². The van der Waals surface area contributed by atoms with Gasteiger partial charge in [-0.3, -0.25) is 0 Å². The summed E-state index contributed by atoms with van der Waals surface area (Å²) in [6.07, 6.45) is 4.67. The highest BCUT2D eigenvalue weighted by Crippen LogP contribution is 2.11. The fourth-order valence-electron chi connectivity index (χ4n) is 2.31. The molecule has 0 aliphatic rings. The van der Waals surface area contributed by atoms with E-state index < -0.39 is 0 Å². The van der Waals surface area contributed by atoms with Crippen LogP contribution in [0.4, 0.5) is 4.39 Å². The van der Waals surface area contributed by atoms with Gasteiger partial charge in [-0.25, -0.2) is 9.37 Å². The summed E-state index contributed by atoms with van der Waals surface area (Å²) >= 11 is 0. The van der Waals surface area contributed by atoms with E-state index in [1.807, 2.05) is 25.5 Å². The molecule has 20 heavy (non-hydrogen) atoms. The molecule has 108 valence electrons. The predicted octanol–water partition coefficient (Wildman–Crippen LogP) is 3.24. The minimum absolute atomic E-state index is 0.167. The summed E-state index contributed by atoms with van der Waals surface area (Å²) in [5.41, 5.74) is 3.39. The maximum atomic E-state index is 13.0. The van der Waals surface area contributed by atoms with Crippen LogP contribution < -0.4 is 5.32 Å². The molecule has 2 aromatic rings. The average molecular weight is 275 g/mol. The third kappa shape index (κ3) is 3.67. The summed E-state index contributed by atoms with van der Waals surface area (Å²) in [4.78, 5) is 4.19. The topological polar surface area (TPSA) is 29.9 Å². The highest BCUT2D eigenvalue weighted by atomic mass is 19.1. The number of imidazole rings is 1. The van der Waals surface area contributed by atoms with Crippen molar-refractivity contribution in [2.75, 3.05) is 6.54 Å². The van der Waals surface area contributed by atoms with E-state index in [0.717, 1.165) is 25.1 Å². The maximum absolute atomic E-state index is 13.0. The van der Waals surface area contributed by atoms with Crippen molar-refractivity contribution in [2.45, 2.75) is 39.8 Å². The molecular weight excluding hydrogens is 253 g/mol. The zero-order valence-corrected chi connectivity index (χ0v) is 12.4. The normalized spacial score (nSPS) is 11.2. The van der Waals surface area contributed by atoms with Gasteiger partial charge in [0.05, 0.1) is 12.0 Å². The largest absolute Gasteiger partial charge is 0.331 e. The predicted molar refractivity (Wildman–Crippen MR) is 79.2 cm³/mol. The number of aryl methyl sites for hydroxylation is 1. The summed E-state index contributed by atoms with van der Waals surface area (Å²) < 4.78 is 15.2. The number of rotatable bonds is 6. The molecule has 2 rings (SSSR count). The molecule has 0 amide bonds. The minimum Gasteiger partial charge on any atom is -0.331 e. The zero-order valence-electron chi connectivity index (χ0n) is 12.4. The minimum atomic E-state index is -0.167. The summed E-state index contributed by atoms with van der Waals surface area (Å²) in [6.45, 7) is 7.92. The molecule has 0 radical (unpaired) electrons. The van der Waals surface area contributed by atoms with Crippen LogP contribution in [-0.2, 0) is 13.0 Å². The molecule has 0 unspecified atom stereocenters. The molecule has 0 aliphatic heterocycles. The molecule has 4 heteroatoms. The SMILES string of the molecule is Cc1cc(F)ccc1CCNCc1cncn1C(C)C. The fraction of sp³-hybridized carbons (Fsp3) is 0.438. The number of halogens is 1. The summed E-state index contributed by atoms with van der Waals surface area (Å²) in [5, 5.41) is 3.42. The lowest BCUT2D eigenvalue weighted by Gasteiger charge is -2.12. The number of hydrogen-bond acceptors (Lipinski definition) is 2. The highest BCUT2D eigenvalue weighted by molar-refractivity contribution is 5.26. The molecule has 1 heterocycles. The van der Waals surface area contributed by atoms with Gasteiger partial charge in [0.1, 0.15) is 5.82 Å². The Bertz CT molecular complexity index is 561. The lowest BCUT2D eigenvalue weighted by molar-refractivity contribution is 0.551. The Hall–Kier alpha value is -1.68. The van der Waals surface area contributed by atoms with Gasteiger partial charge in [-0.05, 0) is 57.0 Å². The summed E-state index contributed by atoms with van der Waals surface area (Å²) in [5.74, 6) is -0.167. The zero-order chi connectivity index (χ0) is 14.5. The molecule has 1 N–H and O–H groups in total. The second-order valence-corrected chi connectivity index (χ2v) is 5.38.